The summed E-state index contributed by atoms with van der Waals surface area (Å²) >= 11 is 0. The van der Waals surface area contributed by atoms with Crippen molar-refractivity contribution >= 4 is 16.7 Å². The summed E-state index contributed by atoms with van der Waals surface area (Å²) in [7, 11) is 0. The molecule has 0 aliphatic carbocycles. The van der Waals surface area contributed by atoms with E-state index in [1.54, 1.807) is 0 Å². The molecule has 2 heterocycles. The topological polar surface area (TPSA) is 48.1 Å². The van der Waals surface area contributed by atoms with E-state index in [0.29, 0.717) is 6.54 Å². The number of aromatic nitrogens is 1. The van der Waals surface area contributed by atoms with Crippen molar-refractivity contribution in [2.45, 2.75) is 19.3 Å². The maximum atomic E-state index is 12.2. The van der Waals surface area contributed by atoms with E-state index in [1.807, 2.05) is 30.5 Å². The minimum Gasteiger partial charge on any atom is -0.361 e. The Kier molecular flexibility index (Phi) is 4.68. The van der Waals surface area contributed by atoms with Crippen molar-refractivity contribution in [3.8, 4) is 0 Å². The number of fused-ring (bicyclic) bond motifs is 1. The van der Waals surface area contributed by atoms with Crippen molar-refractivity contribution in [1.29, 1.82) is 0 Å². The van der Waals surface area contributed by atoms with Crippen LogP contribution in [-0.2, 0) is 0 Å². The summed E-state index contributed by atoms with van der Waals surface area (Å²) in [5.41, 5.74) is 1.80. The highest BCUT2D eigenvalue weighted by Crippen LogP contribution is 2.14. The van der Waals surface area contributed by atoms with Gasteiger partial charge in [0.25, 0.3) is 0 Å². The molecule has 1 saturated heterocycles. The van der Waals surface area contributed by atoms with Crippen molar-refractivity contribution in [1.82, 2.24) is 15.2 Å². The maximum Gasteiger partial charge on any atom is 0.176 e. The number of piperidine rings is 1. The van der Waals surface area contributed by atoms with E-state index in [-0.39, 0.29) is 5.78 Å². The van der Waals surface area contributed by atoms with Crippen molar-refractivity contribution in [2.75, 3.05) is 32.7 Å². The Balaban J connectivity index is 1.45. The second-order valence-corrected chi connectivity index (χ2v) is 5.78. The summed E-state index contributed by atoms with van der Waals surface area (Å²) in [5, 5.41) is 4.41. The van der Waals surface area contributed by atoms with Crippen LogP contribution in [0.3, 0.4) is 0 Å². The molecule has 1 aromatic carbocycles. The summed E-state index contributed by atoms with van der Waals surface area (Å²) < 4.78 is 0. The highest BCUT2D eigenvalue weighted by atomic mass is 16.1. The Labute approximate surface area is 125 Å². The first-order chi connectivity index (χ1) is 10.3. The number of nitrogens with one attached hydrogen (secondary N) is 2. The van der Waals surface area contributed by atoms with Gasteiger partial charge in [0.1, 0.15) is 0 Å². The number of carbonyl (C=O) groups is 1. The molecule has 1 aliphatic heterocycles. The number of aromatic amines is 1. The van der Waals surface area contributed by atoms with Crippen LogP contribution in [0, 0.1) is 0 Å². The lowest BCUT2D eigenvalue weighted by Crippen LogP contribution is -2.37. The van der Waals surface area contributed by atoms with Gasteiger partial charge in [0.2, 0.25) is 0 Å². The summed E-state index contributed by atoms with van der Waals surface area (Å²) in [6, 6.07) is 7.85. The lowest BCUT2D eigenvalue weighted by Gasteiger charge is -2.26. The first-order valence-electron chi connectivity index (χ1n) is 7.86. The minimum atomic E-state index is 0.158. The van der Waals surface area contributed by atoms with E-state index in [9.17, 15) is 4.79 Å². The van der Waals surface area contributed by atoms with Gasteiger partial charge in [0, 0.05) is 30.4 Å². The Bertz CT molecular complexity index is 599. The summed E-state index contributed by atoms with van der Waals surface area (Å²) in [6.45, 7) is 4.76. The molecule has 1 aliphatic rings. The smallest absolute Gasteiger partial charge is 0.176 e. The molecule has 4 heteroatoms. The van der Waals surface area contributed by atoms with Crippen LogP contribution in [0.15, 0.2) is 30.5 Å². The molecule has 1 fully saturated rings. The number of H-pyrrole nitrogens is 1. The Hall–Kier alpha value is -1.65. The summed E-state index contributed by atoms with van der Waals surface area (Å²) in [6.07, 6.45) is 5.89. The number of benzene rings is 1. The fraction of sp³-hybridized carbons (Fsp3) is 0.471. The average Bonchev–Trinajstić information content (AvgIpc) is 3.00. The number of nitrogens with zero attached hydrogens (tertiary/aromatic N) is 1. The molecular weight excluding hydrogens is 262 g/mol. The Morgan fingerprint density at radius 2 is 2.05 bits per heavy atom. The monoisotopic (exact) mass is 285 g/mol. The third kappa shape index (κ3) is 3.71. The molecule has 1 aromatic heterocycles. The number of carbonyl (C=O) groups excluding carboxylic acids is 1. The molecule has 0 atom stereocenters. The number of hydrogen-bond acceptors (Lipinski definition) is 3. The van der Waals surface area contributed by atoms with Gasteiger partial charge < -0.3 is 15.2 Å². The number of Topliss-reactive ketones (excluding diaryl/α,β-unsaturated/α-hetero) is 1. The molecule has 4 nitrogen and oxygen atoms in total. The van der Waals surface area contributed by atoms with Crippen LogP contribution in [0.25, 0.3) is 10.9 Å². The molecule has 0 saturated carbocycles. The summed E-state index contributed by atoms with van der Waals surface area (Å²) in [5.74, 6) is 0.158. The third-order valence-corrected chi connectivity index (χ3v) is 4.22. The van der Waals surface area contributed by atoms with Gasteiger partial charge in [-0.25, -0.2) is 0 Å². The lowest BCUT2D eigenvalue weighted by atomic mass is 10.1. The van der Waals surface area contributed by atoms with Gasteiger partial charge in [-0.3, -0.25) is 4.79 Å². The van der Waals surface area contributed by atoms with E-state index in [1.165, 1.54) is 32.4 Å². The van der Waals surface area contributed by atoms with Gasteiger partial charge in [0.05, 0.1) is 6.54 Å². The zero-order valence-electron chi connectivity index (χ0n) is 12.4. The Morgan fingerprint density at radius 1 is 1.19 bits per heavy atom. The van der Waals surface area contributed by atoms with Crippen molar-refractivity contribution < 1.29 is 4.79 Å². The molecule has 3 rings (SSSR count). The third-order valence-electron chi connectivity index (χ3n) is 4.22. The van der Waals surface area contributed by atoms with Crippen molar-refractivity contribution in [3.05, 3.63) is 36.0 Å². The van der Waals surface area contributed by atoms with Crippen LogP contribution < -0.4 is 5.32 Å². The van der Waals surface area contributed by atoms with Crippen LogP contribution in [0.1, 0.15) is 29.6 Å². The highest BCUT2D eigenvalue weighted by molar-refractivity contribution is 6.00. The fourth-order valence-corrected chi connectivity index (χ4v) is 2.95. The van der Waals surface area contributed by atoms with Crippen LogP contribution >= 0.6 is 0 Å². The molecule has 0 bridgehead atoms. The first-order valence-corrected chi connectivity index (χ1v) is 7.86. The second kappa shape index (κ2) is 6.87. The molecule has 112 valence electrons. The van der Waals surface area contributed by atoms with Gasteiger partial charge in [-0.1, -0.05) is 18.6 Å². The van der Waals surface area contributed by atoms with E-state index < -0.39 is 0 Å². The predicted octanol–water partition coefficient (Wildman–Crippen LogP) is 2.43. The van der Waals surface area contributed by atoms with E-state index >= 15 is 0 Å². The van der Waals surface area contributed by atoms with Gasteiger partial charge in [0.15, 0.2) is 5.78 Å². The average molecular weight is 285 g/mol. The number of ketones is 1. The van der Waals surface area contributed by atoms with Crippen LogP contribution in [0.4, 0.5) is 0 Å². The van der Waals surface area contributed by atoms with Crippen molar-refractivity contribution in [3.63, 3.8) is 0 Å². The molecule has 2 aromatic rings. The molecule has 0 spiro atoms. The van der Waals surface area contributed by atoms with Gasteiger partial charge in [-0.2, -0.15) is 0 Å². The SMILES string of the molecule is O=C(CNCCN1CCCCC1)c1ccc2cc[nH]c2c1. The lowest BCUT2D eigenvalue weighted by molar-refractivity contribution is 0.0989. The maximum absolute atomic E-state index is 12.2. The zero-order chi connectivity index (χ0) is 14.5. The molecule has 0 unspecified atom stereocenters. The van der Waals surface area contributed by atoms with E-state index in [4.69, 9.17) is 0 Å². The fourth-order valence-electron chi connectivity index (χ4n) is 2.95. The molecule has 2 N–H and O–H groups in total. The molecule has 0 amide bonds. The minimum absolute atomic E-state index is 0.158. The van der Waals surface area contributed by atoms with Crippen molar-refractivity contribution in [2.24, 2.45) is 0 Å². The van der Waals surface area contributed by atoms with Gasteiger partial charge in [-0.15, -0.1) is 0 Å². The van der Waals surface area contributed by atoms with Gasteiger partial charge in [-0.05, 0) is 43.5 Å². The zero-order valence-corrected chi connectivity index (χ0v) is 12.4. The van der Waals surface area contributed by atoms with E-state index in [0.717, 1.165) is 29.6 Å². The van der Waals surface area contributed by atoms with E-state index in [2.05, 4.69) is 15.2 Å². The predicted molar refractivity (Wildman–Crippen MR) is 85.8 cm³/mol. The number of rotatable bonds is 6. The quantitative estimate of drug-likeness (QED) is 0.633. The molecule has 21 heavy (non-hydrogen) atoms. The van der Waals surface area contributed by atoms with Crippen LogP contribution in [0.5, 0.6) is 0 Å². The molecular formula is C17H23N3O. The Morgan fingerprint density at radius 3 is 2.90 bits per heavy atom. The highest BCUT2D eigenvalue weighted by Gasteiger charge is 2.10. The van der Waals surface area contributed by atoms with Crippen LogP contribution in [-0.4, -0.2) is 48.4 Å². The second-order valence-electron chi connectivity index (χ2n) is 5.78. The molecule has 0 radical (unpaired) electrons. The first kappa shape index (κ1) is 14.3. The van der Waals surface area contributed by atoms with Gasteiger partial charge >= 0.3 is 0 Å². The van der Waals surface area contributed by atoms with Crippen LogP contribution in [0.2, 0.25) is 0 Å². The normalized spacial score (nSPS) is 16.4. The number of likely N-dealkylation sites (tertiary alicyclic amines) is 1. The standard InChI is InChI=1S/C17H23N3O/c21-17(13-18-8-11-20-9-2-1-3-10-20)15-5-4-14-6-7-19-16(14)12-15/h4-7,12,18-19H,1-3,8-11,13H2. The number of hydrogen-bond donors (Lipinski definition) is 2. The largest absolute Gasteiger partial charge is 0.361 e. The summed E-state index contributed by atoms with van der Waals surface area (Å²) in [4.78, 5) is 17.8.